The topological polar surface area (TPSA) is 67.2 Å². The highest BCUT2D eigenvalue weighted by Gasteiger charge is 2.40. The Hall–Kier alpha value is -2.47. The molecule has 1 N–H and O–H groups in total. The van der Waals surface area contributed by atoms with Crippen LogP contribution in [0.1, 0.15) is 36.7 Å². The lowest BCUT2D eigenvalue weighted by atomic mass is 9.78. The molecule has 6 nitrogen and oxygen atoms in total. The summed E-state index contributed by atoms with van der Waals surface area (Å²) in [5.74, 6) is 0.635. The lowest BCUT2D eigenvalue weighted by Crippen LogP contribution is -2.51. The van der Waals surface area contributed by atoms with E-state index in [0.717, 1.165) is 37.4 Å². The van der Waals surface area contributed by atoms with Gasteiger partial charge in [-0.2, -0.15) is 0 Å². The van der Waals surface area contributed by atoms with E-state index in [2.05, 4.69) is 27.3 Å². The molecule has 2 aromatic rings. The summed E-state index contributed by atoms with van der Waals surface area (Å²) in [6.07, 6.45) is 2.89. The zero-order valence-electron chi connectivity index (χ0n) is 15.0. The third kappa shape index (κ3) is 3.29. The monoisotopic (exact) mass is 352 g/mol. The van der Waals surface area contributed by atoms with Crippen LogP contribution in [0.5, 0.6) is 0 Å². The highest BCUT2D eigenvalue weighted by molar-refractivity contribution is 5.72. The highest BCUT2D eigenvalue weighted by atomic mass is 16.1. The van der Waals surface area contributed by atoms with Crippen LogP contribution in [-0.2, 0) is 11.3 Å². The molecule has 2 aromatic heterocycles. The first-order valence-corrected chi connectivity index (χ1v) is 9.20. The van der Waals surface area contributed by atoms with Gasteiger partial charge in [-0.3, -0.25) is 19.5 Å². The predicted octanol–water partition coefficient (Wildman–Crippen LogP) is 1.54. The van der Waals surface area contributed by atoms with Crippen molar-refractivity contribution in [3.05, 3.63) is 64.3 Å². The molecule has 1 fully saturated rings. The van der Waals surface area contributed by atoms with Crippen molar-refractivity contribution in [3.8, 4) is 0 Å². The van der Waals surface area contributed by atoms with E-state index in [-0.39, 0.29) is 17.5 Å². The summed E-state index contributed by atoms with van der Waals surface area (Å²) in [6, 6.07) is 11.5. The summed E-state index contributed by atoms with van der Waals surface area (Å²) in [7, 11) is 0. The van der Waals surface area contributed by atoms with E-state index in [1.165, 1.54) is 6.92 Å². The molecule has 0 spiro atoms. The molecule has 2 bridgehead atoms. The molecule has 4 rings (SSSR count). The molecule has 1 saturated heterocycles. The molecule has 0 aromatic carbocycles. The van der Waals surface area contributed by atoms with Crippen LogP contribution in [0.3, 0.4) is 0 Å². The highest BCUT2D eigenvalue weighted by Crippen LogP contribution is 2.41. The van der Waals surface area contributed by atoms with Crippen LogP contribution in [0.4, 0.5) is 0 Å². The summed E-state index contributed by atoms with van der Waals surface area (Å²) < 4.78 is 1.92. The second-order valence-corrected chi connectivity index (χ2v) is 7.37. The summed E-state index contributed by atoms with van der Waals surface area (Å²) in [4.78, 5) is 30.9. The molecule has 1 amide bonds. The zero-order valence-corrected chi connectivity index (χ0v) is 15.0. The Morgan fingerprint density at radius 2 is 2.12 bits per heavy atom. The van der Waals surface area contributed by atoms with Crippen molar-refractivity contribution < 1.29 is 4.79 Å². The van der Waals surface area contributed by atoms with Gasteiger partial charge < -0.3 is 9.88 Å². The Morgan fingerprint density at radius 1 is 1.23 bits per heavy atom. The van der Waals surface area contributed by atoms with Gasteiger partial charge in [-0.1, -0.05) is 12.1 Å². The number of hydrogen-bond acceptors (Lipinski definition) is 4. The van der Waals surface area contributed by atoms with Gasteiger partial charge in [0, 0.05) is 57.0 Å². The third-order valence-electron chi connectivity index (χ3n) is 5.55. The Bertz CT molecular complexity index is 848. The molecule has 2 aliphatic heterocycles. The molecular formula is C20H24N4O2. The number of amides is 1. The van der Waals surface area contributed by atoms with E-state index in [0.29, 0.717) is 18.4 Å². The Labute approximate surface area is 152 Å². The normalized spacial score (nSPS) is 24.7. The second kappa shape index (κ2) is 7.03. The van der Waals surface area contributed by atoms with Gasteiger partial charge in [0.2, 0.25) is 5.91 Å². The van der Waals surface area contributed by atoms with Crippen molar-refractivity contribution in [1.29, 1.82) is 0 Å². The number of nitrogens with one attached hydrogen (secondary N) is 1. The standard InChI is InChI=1S/C20H24N4O2/c1-14(25)22-10-19-16-9-15(18-6-4-7-20(26)24(18)19)11-23(12-16)13-17-5-2-3-8-21-17/h2-8,15-16,19H,9-13H2,1H3,(H,22,25)/t15-,16+,19+/m1/s1. The fourth-order valence-corrected chi connectivity index (χ4v) is 4.50. The van der Waals surface area contributed by atoms with Gasteiger partial charge in [-0.05, 0) is 30.5 Å². The van der Waals surface area contributed by atoms with Gasteiger partial charge in [0.05, 0.1) is 11.7 Å². The van der Waals surface area contributed by atoms with Gasteiger partial charge in [-0.25, -0.2) is 0 Å². The fraction of sp³-hybridized carbons (Fsp3) is 0.450. The maximum absolute atomic E-state index is 12.5. The number of fused-ring (bicyclic) bond motifs is 4. The first-order chi connectivity index (χ1) is 12.6. The van der Waals surface area contributed by atoms with Crippen LogP contribution in [0.25, 0.3) is 0 Å². The number of piperidine rings is 1. The lowest BCUT2D eigenvalue weighted by Gasteiger charge is -2.47. The summed E-state index contributed by atoms with van der Waals surface area (Å²) in [5, 5.41) is 2.92. The molecule has 0 unspecified atom stereocenters. The summed E-state index contributed by atoms with van der Waals surface area (Å²) in [5.41, 5.74) is 2.19. The molecule has 3 atom stereocenters. The number of likely N-dealkylation sites (tertiary alicyclic amines) is 1. The lowest BCUT2D eigenvalue weighted by molar-refractivity contribution is -0.119. The SMILES string of the molecule is CC(=O)NC[C@H]1[C@H]2C[C@H](CN(Cc3ccccn3)C2)c2cccc(=O)n21. The molecule has 0 saturated carbocycles. The number of nitrogens with zero attached hydrogens (tertiary/aromatic N) is 3. The first-order valence-electron chi connectivity index (χ1n) is 9.20. The largest absolute Gasteiger partial charge is 0.354 e. The van der Waals surface area contributed by atoms with E-state index in [9.17, 15) is 9.59 Å². The molecule has 0 radical (unpaired) electrons. The van der Waals surface area contributed by atoms with Crippen molar-refractivity contribution in [1.82, 2.24) is 19.8 Å². The predicted molar refractivity (Wildman–Crippen MR) is 98.8 cm³/mol. The van der Waals surface area contributed by atoms with Gasteiger partial charge in [0.1, 0.15) is 0 Å². The Balaban J connectivity index is 1.63. The number of hydrogen-bond donors (Lipinski definition) is 1. The fourth-order valence-electron chi connectivity index (χ4n) is 4.50. The van der Waals surface area contributed by atoms with Crippen LogP contribution in [0.15, 0.2) is 47.4 Å². The van der Waals surface area contributed by atoms with Gasteiger partial charge in [0.25, 0.3) is 5.56 Å². The number of aromatic nitrogens is 2. The van der Waals surface area contributed by atoms with E-state index in [1.807, 2.05) is 29.0 Å². The number of carbonyl (C=O) groups excluding carboxylic acids is 1. The molecule has 26 heavy (non-hydrogen) atoms. The quantitative estimate of drug-likeness (QED) is 0.906. The maximum Gasteiger partial charge on any atom is 0.251 e. The van der Waals surface area contributed by atoms with Crippen LogP contribution >= 0.6 is 0 Å². The van der Waals surface area contributed by atoms with Crippen molar-refractivity contribution >= 4 is 5.91 Å². The minimum Gasteiger partial charge on any atom is -0.354 e. The molecule has 2 aliphatic rings. The third-order valence-corrected chi connectivity index (χ3v) is 5.55. The second-order valence-electron chi connectivity index (χ2n) is 7.37. The smallest absolute Gasteiger partial charge is 0.251 e. The summed E-state index contributed by atoms with van der Waals surface area (Å²) >= 11 is 0. The molecular weight excluding hydrogens is 328 g/mol. The Morgan fingerprint density at radius 3 is 2.88 bits per heavy atom. The van der Waals surface area contributed by atoms with Crippen LogP contribution < -0.4 is 10.9 Å². The van der Waals surface area contributed by atoms with Gasteiger partial charge in [0.15, 0.2) is 0 Å². The van der Waals surface area contributed by atoms with E-state index in [4.69, 9.17) is 0 Å². The van der Waals surface area contributed by atoms with Crippen molar-refractivity contribution in [2.75, 3.05) is 19.6 Å². The molecule has 6 heteroatoms. The van der Waals surface area contributed by atoms with Crippen LogP contribution in [0.2, 0.25) is 0 Å². The van der Waals surface area contributed by atoms with E-state index >= 15 is 0 Å². The minimum atomic E-state index is -0.0567. The average Bonchev–Trinajstić information content (AvgIpc) is 2.63. The molecule has 0 aliphatic carbocycles. The van der Waals surface area contributed by atoms with E-state index < -0.39 is 0 Å². The maximum atomic E-state index is 12.5. The number of carbonyl (C=O) groups is 1. The summed E-state index contributed by atoms with van der Waals surface area (Å²) in [6.45, 7) is 4.69. The van der Waals surface area contributed by atoms with Gasteiger partial charge in [-0.15, -0.1) is 0 Å². The molecule has 4 heterocycles. The van der Waals surface area contributed by atoms with Gasteiger partial charge >= 0.3 is 0 Å². The first kappa shape index (κ1) is 17.0. The van der Waals surface area contributed by atoms with Crippen molar-refractivity contribution in [2.45, 2.75) is 31.8 Å². The van der Waals surface area contributed by atoms with Crippen molar-refractivity contribution in [3.63, 3.8) is 0 Å². The van der Waals surface area contributed by atoms with Crippen LogP contribution in [0, 0.1) is 5.92 Å². The molecule has 136 valence electrons. The average molecular weight is 352 g/mol. The number of pyridine rings is 2. The minimum absolute atomic E-state index is 0.00498. The van der Waals surface area contributed by atoms with Crippen molar-refractivity contribution in [2.24, 2.45) is 5.92 Å². The van der Waals surface area contributed by atoms with E-state index in [1.54, 1.807) is 6.07 Å². The Kier molecular flexibility index (Phi) is 4.59. The zero-order chi connectivity index (χ0) is 18.1. The number of rotatable bonds is 4. The van der Waals surface area contributed by atoms with Crippen LogP contribution in [-0.4, -0.2) is 40.0 Å².